The van der Waals surface area contributed by atoms with Crippen LogP contribution in [0, 0.1) is 0 Å². The van der Waals surface area contributed by atoms with Crippen molar-refractivity contribution in [1.82, 2.24) is 9.88 Å². The Labute approximate surface area is 160 Å². The zero-order chi connectivity index (χ0) is 19.2. The first kappa shape index (κ1) is 18.2. The van der Waals surface area contributed by atoms with E-state index in [4.69, 9.17) is 9.31 Å². The Balaban J connectivity index is 1.47. The maximum absolute atomic E-state index is 12.9. The summed E-state index contributed by atoms with van der Waals surface area (Å²) in [6.07, 6.45) is 4.60. The molecule has 5 nitrogen and oxygen atoms in total. The molecule has 27 heavy (non-hydrogen) atoms. The van der Waals surface area contributed by atoms with Crippen LogP contribution in [-0.2, 0) is 9.31 Å². The van der Waals surface area contributed by atoms with Gasteiger partial charge in [0.2, 0.25) is 0 Å². The fourth-order valence-electron chi connectivity index (χ4n) is 3.47. The maximum atomic E-state index is 12.9. The fourth-order valence-corrected chi connectivity index (χ4v) is 3.47. The molecule has 1 fully saturated rings. The molecular weight excluding hydrogens is 339 g/mol. The van der Waals surface area contributed by atoms with Gasteiger partial charge in [0.25, 0.3) is 5.91 Å². The molecule has 0 saturated carbocycles. The summed E-state index contributed by atoms with van der Waals surface area (Å²) < 4.78 is 12.3. The molecule has 0 bridgehead atoms. The number of fused-ring (bicyclic) bond motifs is 1. The van der Waals surface area contributed by atoms with Crippen molar-refractivity contribution in [2.45, 2.75) is 45.3 Å². The quantitative estimate of drug-likeness (QED) is 0.764. The van der Waals surface area contributed by atoms with Gasteiger partial charge in [0.1, 0.15) is 0 Å². The largest absolute Gasteiger partial charge is 0.490 e. The maximum Gasteiger partial charge on any atom is 0.490 e. The monoisotopic (exact) mass is 364 g/mol. The van der Waals surface area contributed by atoms with E-state index in [9.17, 15) is 4.79 Å². The number of benzene rings is 1. The molecule has 0 radical (unpaired) electrons. The summed E-state index contributed by atoms with van der Waals surface area (Å²) in [7, 11) is -0.320. The second kappa shape index (κ2) is 6.46. The van der Waals surface area contributed by atoms with E-state index in [1.807, 2.05) is 35.2 Å². The van der Waals surface area contributed by atoms with E-state index in [2.05, 4.69) is 38.8 Å². The first-order valence-corrected chi connectivity index (χ1v) is 9.45. The van der Waals surface area contributed by atoms with Crippen LogP contribution < -0.4 is 0 Å². The highest BCUT2D eigenvalue weighted by molar-refractivity contribution is 6.54. The Kier molecular flexibility index (Phi) is 4.36. The van der Waals surface area contributed by atoms with Gasteiger partial charge in [-0.1, -0.05) is 12.1 Å². The molecule has 1 aromatic heterocycles. The standard InChI is InChI=1S/C21H25BN2O3/c1-20(2)21(3,4)27-22(26-20)17-9-12-24(13-10-17)19(25)16-7-8-18-15(14-16)6-5-11-23-18/h5-9,11,14H,10,12-13H2,1-4H3. The number of hydrogen-bond donors (Lipinski definition) is 0. The Morgan fingerprint density at radius 2 is 1.89 bits per heavy atom. The third-order valence-corrected chi connectivity index (χ3v) is 5.94. The van der Waals surface area contributed by atoms with Crippen LogP contribution in [0.2, 0.25) is 0 Å². The zero-order valence-corrected chi connectivity index (χ0v) is 16.4. The van der Waals surface area contributed by atoms with Crippen LogP contribution in [0.4, 0.5) is 0 Å². The van der Waals surface area contributed by atoms with E-state index in [0.29, 0.717) is 18.7 Å². The molecule has 0 spiro atoms. The summed E-state index contributed by atoms with van der Waals surface area (Å²) in [6.45, 7) is 9.46. The lowest BCUT2D eigenvalue weighted by atomic mass is 9.74. The lowest BCUT2D eigenvalue weighted by molar-refractivity contribution is 0.00578. The molecule has 0 unspecified atom stereocenters. The van der Waals surface area contributed by atoms with Crippen LogP contribution >= 0.6 is 0 Å². The van der Waals surface area contributed by atoms with Crippen molar-refractivity contribution in [3.05, 3.63) is 53.6 Å². The summed E-state index contributed by atoms with van der Waals surface area (Å²) >= 11 is 0. The van der Waals surface area contributed by atoms with Gasteiger partial charge in [-0.25, -0.2) is 0 Å². The van der Waals surface area contributed by atoms with Gasteiger partial charge in [-0.05, 0) is 63.9 Å². The minimum atomic E-state index is -0.343. The molecule has 2 aromatic rings. The first-order chi connectivity index (χ1) is 12.8. The molecule has 4 rings (SSSR count). The van der Waals surface area contributed by atoms with Crippen LogP contribution in [0.5, 0.6) is 0 Å². The van der Waals surface area contributed by atoms with Crippen molar-refractivity contribution in [1.29, 1.82) is 0 Å². The van der Waals surface area contributed by atoms with E-state index in [0.717, 1.165) is 22.8 Å². The molecule has 6 heteroatoms. The predicted molar refractivity (Wildman–Crippen MR) is 106 cm³/mol. The topological polar surface area (TPSA) is 51.7 Å². The molecule has 1 aromatic carbocycles. The number of amides is 1. The van der Waals surface area contributed by atoms with Crippen molar-refractivity contribution in [2.75, 3.05) is 13.1 Å². The SMILES string of the molecule is CC1(C)OB(C2=CCN(C(=O)c3ccc4ncccc4c3)CC2)OC1(C)C. The minimum Gasteiger partial charge on any atom is -0.400 e. The Morgan fingerprint density at radius 3 is 2.56 bits per heavy atom. The average Bonchev–Trinajstić information content (AvgIpc) is 2.88. The average molecular weight is 364 g/mol. The molecule has 0 N–H and O–H groups in total. The lowest BCUT2D eigenvalue weighted by Gasteiger charge is -2.32. The van der Waals surface area contributed by atoms with Gasteiger partial charge in [-0.2, -0.15) is 0 Å². The number of carbonyl (C=O) groups excluding carboxylic acids is 1. The van der Waals surface area contributed by atoms with Crippen molar-refractivity contribution in [3.63, 3.8) is 0 Å². The molecule has 0 atom stereocenters. The highest BCUT2D eigenvalue weighted by atomic mass is 16.7. The van der Waals surface area contributed by atoms with Gasteiger partial charge < -0.3 is 14.2 Å². The molecule has 140 valence electrons. The minimum absolute atomic E-state index is 0.0463. The van der Waals surface area contributed by atoms with Gasteiger partial charge >= 0.3 is 7.12 Å². The molecule has 1 amide bonds. The van der Waals surface area contributed by atoms with Gasteiger partial charge in [0.15, 0.2) is 0 Å². The van der Waals surface area contributed by atoms with Crippen LogP contribution in [0.25, 0.3) is 10.9 Å². The second-order valence-electron chi connectivity index (χ2n) is 8.28. The fraction of sp³-hybridized carbons (Fsp3) is 0.429. The van der Waals surface area contributed by atoms with E-state index in [-0.39, 0.29) is 24.2 Å². The molecule has 1 saturated heterocycles. The van der Waals surface area contributed by atoms with Crippen molar-refractivity contribution in [3.8, 4) is 0 Å². The molecule has 3 heterocycles. The highest BCUT2D eigenvalue weighted by Gasteiger charge is 2.52. The highest BCUT2D eigenvalue weighted by Crippen LogP contribution is 2.39. The summed E-state index contributed by atoms with van der Waals surface area (Å²) in [5.41, 5.74) is 2.04. The predicted octanol–water partition coefficient (Wildman–Crippen LogP) is 3.64. The smallest absolute Gasteiger partial charge is 0.400 e. The van der Waals surface area contributed by atoms with Crippen LogP contribution in [0.1, 0.15) is 44.5 Å². The van der Waals surface area contributed by atoms with Gasteiger partial charge in [0.05, 0.1) is 16.7 Å². The summed E-state index contributed by atoms with van der Waals surface area (Å²) in [4.78, 5) is 19.1. The van der Waals surface area contributed by atoms with E-state index < -0.39 is 0 Å². The third-order valence-electron chi connectivity index (χ3n) is 5.94. The van der Waals surface area contributed by atoms with Crippen LogP contribution in [0.15, 0.2) is 48.1 Å². The van der Waals surface area contributed by atoms with Crippen molar-refractivity contribution in [2.24, 2.45) is 0 Å². The van der Waals surface area contributed by atoms with Gasteiger partial charge in [-0.15, -0.1) is 0 Å². The zero-order valence-electron chi connectivity index (χ0n) is 16.4. The molecular formula is C21H25BN2O3. The number of rotatable bonds is 2. The third kappa shape index (κ3) is 3.28. The number of nitrogens with zero attached hydrogens (tertiary/aromatic N) is 2. The molecule has 2 aliphatic rings. The van der Waals surface area contributed by atoms with Crippen LogP contribution in [-0.4, -0.2) is 47.2 Å². The Bertz CT molecular complexity index is 907. The number of pyridine rings is 1. The summed E-state index contributed by atoms with van der Waals surface area (Å²) in [6, 6.07) is 9.53. The van der Waals surface area contributed by atoms with Crippen molar-refractivity contribution < 1.29 is 14.1 Å². The number of hydrogen-bond acceptors (Lipinski definition) is 4. The lowest BCUT2D eigenvalue weighted by Crippen LogP contribution is -2.41. The number of carbonyl (C=O) groups is 1. The van der Waals surface area contributed by atoms with Crippen molar-refractivity contribution >= 4 is 23.9 Å². The second-order valence-corrected chi connectivity index (χ2v) is 8.28. The van der Waals surface area contributed by atoms with E-state index in [1.165, 1.54) is 0 Å². The van der Waals surface area contributed by atoms with Crippen LogP contribution in [0.3, 0.4) is 0 Å². The molecule has 2 aliphatic heterocycles. The summed E-state index contributed by atoms with van der Waals surface area (Å²) in [5.74, 6) is 0.0463. The first-order valence-electron chi connectivity index (χ1n) is 9.45. The normalized spacial score (nSPS) is 21.4. The van der Waals surface area contributed by atoms with Gasteiger partial charge in [0, 0.05) is 30.2 Å². The summed E-state index contributed by atoms with van der Waals surface area (Å²) in [5, 5.41) is 0.980. The number of aromatic nitrogens is 1. The Morgan fingerprint density at radius 1 is 1.15 bits per heavy atom. The van der Waals surface area contributed by atoms with E-state index >= 15 is 0 Å². The van der Waals surface area contributed by atoms with E-state index in [1.54, 1.807) is 6.20 Å². The Hall–Kier alpha value is -2.18. The van der Waals surface area contributed by atoms with Gasteiger partial charge in [-0.3, -0.25) is 9.78 Å². The molecule has 0 aliphatic carbocycles.